The molecule has 0 aliphatic carbocycles. The summed E-state index contributed by atoms with van der Waals surface area (Å²) in [6.45, 7) is 5.08. The van der Waals surface area contributed by atoms with Gasteiger partial charge in [0.05, 0.1) is 23.7 Å². The first kappa shape index (κ1) is 22.0. The first-order valence-electron chi connectivity index (χ1n) is 11.7. The number of nitrogens with zero attached hydrogens (tertiary/aromatic N) is 6. The van der Waals surface area contributed by atoms with Crippen molar-refractivity contribution in [1.82, 2.24) is 24.6 Å². The summed E-state index contributed by atoms with van der Waals surface area (Å²) in [5.41, 5.74) is 3.16. The van der Waals surface area contributed by atoms with E-state index >= 15 is 0 Å². The van der Waals surface area contributed by atoms with Crippen molar-refractivity contribution in [3.63, 3.8) is 0 Å². The average molecular weight is 499 g/mol. The van der Waals surface area contributed by atoms with Crippen LogP contribution in [0.5, 0.6) is 0 Å². The standard InChI is InChI=1S/C24H27ClN6O2S/c1-16-3-2-4-22(26-16)29-9-7-17(8-10-29)24-28-27-23-13-30(20-14-34(32,33)15-20)12-18-11-19(25)5-6-21(18)31(23)24/h2-6,11,17,20H,7-10,12-15H2,1H3. The third kappa shape index (κ3) is 3.99. The zero-order chi connectivity index (χ0) is 23.4. The molecule has 10 heteroatoms. The minimum absolute atomic E-state index is 0.00796. The number of pyridine rings is 1. The minimum Gasteiger partial charge on any atom is -0.357 e. The van der Waals surface area contributed by atoms with Crippen molar-refractivity contribution in [1.29, 1.82) is 0 Å². The van der Waals surface area contributed by atoms with E-state index in [2.05, 4.69) is 41.7 Å². The zero-order valence-electron chi connectivity index (χ0n) is 19.1. The summed E-state index contributed by atoms with van der Waals surface area (Å²) in [6.07, 6.45) is 1.95. The summed E-state index contributed by atoms with van der Waals surface area (Å²) in [5, 5.41) is 9.93. The smallest absolute Gasteiger partial charge is 0.153 e. The Kier molecular flexibility index (Phi) is 5.38. The Morgan fingerprint density at radius 2 is 1.82 bits per heavy atom. The molecule has 0 spiro atoms. The number of hydrogen-bond donors (Lipinski definition) is 0. The van der Waals surface area contributed by atoms with Gasteiger partial charge < -0.3 is 4.90 Å². The number of piperidine rings is 1. The summed E-state index contributed by atoms with van der Waals surface area (Å²) in [5.74, 6) is 3.58. The van der Waals surface area contributed by atoms with E-state index in [0.29, 0.717) is 24.0 Å². The van der Waals surface area contributed by atoms with Crippen LogP contribution < -0.4 is 4.90 Å². The van der Waals surface area contributed by atoms with Gasteiger partial charge in [-0.25, -0.2) is 13.4 Å². The molecule has 3 aromatic rings. The second-order valence-electron chi connectivity index (χ2n) is 9.62. The molecule has 3 aliphatic rings. The Labute approximate surface area is 204 Å². The fourth-order valence-corrected chi connectivity index (χ4v) is 7.08. The number of rotatable bonds is 3. The Morgan fingerprint density at radius 3 is 2.56 bits per heavy atom. The van der Waals surface area contributed by atoms with Crippen molar-refractivity contribution in [2.75, 3.05) is 29.5 Å². The van der Waals surface area contributed by atoms with Gasteiger partial charge in [-0.15, -0.1) is 10.2 Å². The lowest BCUT2D eigenvalue weighted by molar-refractivity contribution is 0.193. The number of aromatic nitrogens is 4. The van der Waals surface area contributed by atoms with Gasteiger partial charge in [-0.05, 0) is 55.7 Å². The highest BCUT2D eigenvalue weighted by Crippen LogP contribution is 2.35. The predicted molar refractivity (Wildman–Crippen MR) is 131 cm³/mol. The van der Waals surface area contributed by atoms with E-state index in [1.807, 2.05) is 31.2 Å². The maximum absolute atomic E-state index is 11.8. The normalized spacial score (nSPS) is 20.9. The molecule has 0 bridgehead atoms. The third-order valence-corrected chi connectivity index (χ3v) is 9.24. The molecule has 178 valence electrons. The molecule has 5 heterocycles. The van der Waals surface area contributed by atoms with Crippen molar-refractivity contribution in [2.24, 2.45) is 0 Å². The van der Waals surface area contributed by atoms with Crippen LogP contribution in [0, 0.1) is 6.92 Å². The summed E-state index contributed by atoms with van der Waals surface area (Å²) >= 11 is 6.36. The van der Waals surface area contributed by atoms with Gasteiger partial charge in [0.25, 0.3) is 0 Å². The maximum Gasteiger partial charge on any atom is 0.153 e. The van der Waals surface area contributed by atoms with Crippen LogP contribution in [0.2, 0.25) is 5.02 Å². The minimum atomic E-state index is -2.92. The van der Waals surface area contributed by atoms with E-state index in [1.165, 1.54) is 0 Å². The molecule has 0 radical (unpaired) electrons. The average Bonchev–Trinajstić information content (AvgIpc) is 3.13. The van der Waals surface area contributed by atoms with Crippen LogP contribution in [0.1, 0.15) is 41.7 Å². The van der Waals surface area contributed by atoms with Crippen LogP contribution in [0.4, 0.5) is 5.82 Å². The van der Waals surface area contributed by atoms with E-state index in [9.17, 15) is 8.42 Å². The van der Waals surface area contributed by atoms with Crippen molar-refractivity contribution in [2.45, 2.75) is 44.8 Å². The summed E-state index contributed by atoms with van der Waals surface area (Å²) in [7, 11) is -2.92. The van der Waals surface area contributed by atoms with Crippen molar-refractivity contribution >= 4 is 27.3 Å². The molecular weight excluding hydrogens is 472 g/mol. The number of aryl methyl sites for hydroxylation is 1. The monoisotopic (exact) mass is 498 g/mol. The Bertz CT molecular complexity index is 1340. The second kappa shape index (κ2) is 8.32. The number of hydrogen-bond acceptors (Lipinski definition) is 7. The molecule has 0 saturated carbocycles. The van der Waals surface area contributed by atoms with E-state index in [0.717, 1.165) is 60.3 Å². The van der Waals surface area contributed by atoms with Gasteiger partial charge in [0.1, 0.15) is 11.6 Å². The highest BCUT2D eigenvalue weighted by Gasteiger charge is 2.40. The van der Waals surface area contributed by atoms with Gasteiger partial charge in [0.2, 0.25) is 0 Å². The number of fused-ring (bicyclic) bond motifs is 3. The van der Waals surface area contributed by atoms with E-state index < -0.39 is 9.84 Å². The number of anilines is 1. The molecule has 2 fully saturated rings. The summed E-state index contributed by atoms with van der Waals surface area (Å²) in [4.78, 5) is 9.24. The second-order valence-corrected chi connectivity index (χ2v) is 12.2. The lowest BCUT2D eigenvalue weighted by atomic mass is 9.95. The summed E-state index contributed by atoms with van der Waals surface area (Å²) < 4.78 is 25.9. The molecule has 2 saturated heterocycles. The Balaban J connectivity index is 1.30. The predicted octanol–water partition coefficient (Wildman–Crippen LogP) is 3.12. The van der Waals surface area contributed by atoms with Crippen LogP contribution in [-0.4, -0.2) is 63.7 Å². The molecule has 0 unspecified atom stereocenters. The van der Waals surface area contributed by atoms with Crippen LogP contribution in [0.25, 0.3) is 5.69 Å². The molecule has 0 N–H and O–H groups in total. The molecular formula is C24H27ClN6O2S. The number of sulfone groups is 1. The lowest BCUT2D eigenvalue weighted by Gasteiger charge is -2.35. The first-order chi connectivity index (χ1) is 16.4. The number of halogens is 1. The lowest BCUT2D eigenvalue weighted by Crippen LogP contribution is -2.52. The van der Waals surface area contributed by atoms with Crippen molar-refractivity contribution < 1.29 is 8.42 Å². The largest absolute Gasteiger partial charge is 0.357 e. The molecule has 0 atom stereocenters. The van der Waals surface area contributed by atoms with Crippen LogP contribution in [-0.2, 0) is 22.9 Å². The molecule has 1 aromatic carbocycles. The van der Waals surface area contributed by atoms with Gasteiger partial charge in [-0.2, -0.15) is 0 Å². The van der Waals surface area contributed by atoms with E-state index in [-0.39, 0.29) is 17.5 Å². The van der Waals surface area contributed by atoms with E-state index in [1.54, 1.807) is 0 Å². The third-order valence-electron chi connectivity index (χ3n) is 7.22. The molecule has 6 rings (SSSR count). The zero-order valence-corrected chi connectivity index (χ0v) is 20.6. The SMILES string of the molecule is Cc1cccc(N2CCC(c3nnc4n3-c3ccc(Cl)cc3CN(C3CS(=O)(=O)C3)C4)CC2)n1. The molecule has 2 aromatic heterocycles. The van der Waals surface area contributed by atoms with Crippen molar-refractivity contribution in [3.05, 3.63) is 64.3 Å². The molecule has 34 heavy (non-hydrogen) atoms. The highest BCUT2D eigenvalue weighted by molar-refractivity contribution is 7.92. The molecule has 8 nitrogen and oxygen atoms in total. The van der Waals surface area contributed by atoms with Gasteiger partial charge in [0.15, 0.2) is 15.7 Å². The van der Waals surface area contributed by atoms with Crippen LogP contribution >= 0.6 is 11.6 Å². The Morgan fingerprint density at radius 1 is 1.03 bits per heavy atom. The fraction of sp³-hybridized carbons (Fsp3) is 0.458. The Hall–Kier alpha value is -2.49. The molecule has 3 aliphatic heterocycles. The van der Waals surface area contributed by atoms with Gasteiger partial charge in [0, 0.05) is 42.3 Å². The first-order valence-corrected chi connectivity index (χ1v) is 13.9. The quantitative estimate of drug-likeness (QED) is 0.548. The van der Waals surface area contributed by atoms with Gasteiger partial charge in [-0.1, -0.05) is 17.7 Å². The number of benzene rings is 1. The van der Waals surface area contributed by atoms with Crippen LogP contribution in [0.15, 0.2) is 36.4 Å². The molecule has 0 amide bonds. The maximum atomic E-state index is 11.8. The summed E-state index contributed by atoms with van der Waals surface area (Å²) in [6, 6.07) is 12.1. The highest BCUT2D eigenvalue weighted by atomic mass is 35.5. The topological polar surface area (TPSA) is 84.2 Å². The fourth-order valence-electron chi connectivity index (χ4n) is 5.39. The van der Waals surface area contributed by atoms with Gasteiger partial charge >= 0.3 is 0 Å². The van der Waals surface area contributed by atoms with Gasteiger partial charge in [-0.3, -0.25) is 9.47 Å². The van der Waals surface area contributed by atoms with Crippen molar-refractivity contribution in [3.8, 4) is 5.69 Å². The van der Waals surface area contributed by atoms with Crippen LogP contribution in [0.3, 0.4) is 0 Å². The van der Waals surface area contributed by atoms with E-state index in [4.69, 9.17) is 11.6 Å².